The van der Waals surface area contributed by atoms with Crippen molar-refractivity contribution in [2.24, 2.45) is 0 Å². The lowest BCUT2D eigenvalue weighted by Gasteiger charge is -2.18. The zero-order chi connectivity index (χ0) is 21.0. The van der Waals surface area contributed by atoms with Crippen molar-refractivity contribution in [3.8, 4) is 5.75 Å². The highest BCUT2D eigenvalue weighted by molar-refractivity contribution is 9.10. The number of rotatable bonds is 6. The quantitative estimate of drug-likeness (QED) is 0.441. The molecule has 1 heterocycles. The molecule has 0 bridgehead atoms. The van der Waals surface area contributed by atoms with Crippen molar-refractivity contribution in [2.45, 2.75) is 13.0 Å². The molecule has 150 valence electrons. The van der Waals surface area contributed by atoms with Crippen LogP contribution in [0.25, 0.3) is 6.08 Å². The summed E-state index contributed by atoms with van der Waals surface area (Å²) < 4.78 is 14.8. The predicted octanol–water partition coefficient (Wildman–Crippen LogP) is 3.25. The van der Waals surface area contributed by atoms with Crippen molar-refractivity contribution in [3.63, 3.8) is 0 Å². The van der Waals surface area contributed by atoms with E-state index in [0.29, 0.717) is 21.8 Å². The van der Waals surface area contributed by atoms with Crippen molar-refractivity contribution in [1.29, 1.82) is 0 Å². The summed E-state index contributed by atoms with van der Waals surface area (Å²) in [6.45, 7) is 1.09. The van der Waals surface area contributed by atoms with Crippen LogP contribution in [0.2, 0.25) is 5.02 Å². The molecule has 0 saturated carbocycles. The van der Waals surface area contributed by atoms with Gasteiger partial charge in [-0.05, 0) is 58.4 Å². The lowest BCUT2D eigenvalue weighted by molar-refractivity contribution is -0.148. The largest absolute Gasteiger partial charge is 0.479 e. The Hall–Kier alpha value is -2.04. The second kappa shape index (κ2) is 9.44. The molecule has 8 nitrogen and oxygen atoms in total. The first-order valence-corrected chi connectivity index (χ1v) is 9.71. The van der Waals surface area contributed by atoms with Crippen LogP contribution in [0.1, 0.15) is 12.5 Å². The van der Waals surface area contributed by atoms with Gasteiger partial charge in [0.05, 0.1) is 28.6 Å². The number of imide groups is 1. The van der Waals surface area contributed by atoms with E-state index in [2.05, 4.69) is 25.4 Å². The third-order valence-corrected chi connectivity index (χ3v) is 5.39. The number of halogens is 2. The van der Waals surface area contributed by atoms with Gasteiger partial charge in [0.15, 0.2) is 12.4 Å². The molecule has 28 heavy (non-hydrogen) atoms. The minimum Gasteiger partial charge on any atom is -0.479 e. The lowest BCUT2D eigenvalue weighted by atomic mass is 10.2. The molecule has 2 rings (SSSR count). The van der Waals surface area contributed by atoms with Crippen LogP contribution >= 0.6 is 39.3 Å². The van der Waals surface area contributed by atoms with Crippen molar-refractivity contribution >= 4 is 68.5 Å². The molecule has 2 amide bonds. The number of amides is 2. The van der Waals surface area contributed by atoms with Gasteiger partial charge in [0, 0.05) is 0 Å². The van der Waals surface area contributed by atoms with Gasteiger partial charge in [-0.1, -0.05) is 11.6 Å². The van der Waals surface area contributed by atoms with Crippen LogP contribution in [0.5, 0.6) is 5.75 Å². The van der Waals surface area contributed by atoms with Crippen LogP contribution in [0.4, 0.5) is 4.79 Å². The molecule has 0 aliphatic carbocycles. The van der Waals surface area contributed by atoms with Crippen molar-refractivity contribution in [1.82, 2.24) is 4.90 Å². The van der Waals surface area contributed by atoms with Crippen LogP contribution in [0, 0.1) is 0 Å². The Kier molecular flexibility index (Phi) is 7.50. The van der Waals surface area contributed by atoms with Crippen LogP contribution in [0.15, 0.2) is 21.5 Å². The average molecular weight is 493 g/mol. The van der Waals surface area contributed by atoms with Crippen LogP contribution in [-0.2, 0) is 23.9 Å². The minimum absolute atomic E-state index is 0.131. The van der Waals surface area contributed by atoms with E-state index >= 15 is 0 Å². The standard InChI is InChI=1S/C17H15BrClNO7S/c1-8(16(23)26-3)20-15(22)12(28-17(20)24)6-9-4-10(18)14(11(19)5-9)27-7-13(21)25-2/h4-6,8H,7H2,1-3H3/b12-6+. The molecule has 0 aromatic heterocycles. The smallest absolute Gasteiger partial charge is 0.343 e. The van der Waals surface area contributed by atoms with Gasteiger partial charge >= 0.3 is 11.9 Å². The van der Waals surface area contributed by atoms with E-state index in [1.165, 1.54) is 33.3 Å². The van der Waals surface area contributed by atoms with E-state index < -0.39 is 29.1 Å². The number of benzene rings is 1. The van der Waals surface area contributed by atoms with E-state index in [1.807, 2.05) is 0 Å². The number of thioether (sulfide) groups is 1. The predicted molar refractivity (Wildman–Crippen MR) is 106 cm³/mol. The summed E-state index contributed by atoms with van der Waals surface area (Å²) in [5.74, 6) is -1.63. The topological polar surface area (TPSA) is 99.2 Å². The van der Waals surface area contributed by atoms with E-state index in [9.17, 15) is 19.2 Å². The summed E-state index contributed by atoms with van der Waals surface area (Å²) in [5, 5.41) is -0.385. The normalized spacial score (nSPS) is 16.3. The Balaban J connectivity index is 2.26. The van der Waals surface area contributed by atoms with Gasteiger partial charge in [0.25, 0.3) is 11.1 Å². The van der Waals surface area contributed by atoms with Gasteiger partial charge in [-0.3, -0.25) is 14.5 Å². The minimum atomic E-state index is -1.03. The first kappa shape index (κ1) is 22.3. The van der Waals surface area contributed by atoms with E-state index in [-0.39, 0.29) is 22.3 Å². The van der Waals surface area contributed by atoms with E-state index in [0.717, 1.165) is 4.90 Å². The molecule has 1 unspecified atom stereocenters. The highest BCUT2D eigenvalue weighted by Gasteiger charge is 2.41. The highest BCUT2D eigenvalue weighted by Crippen LogP contribution is 2.38. The number of hydrogen-bond acceptors (Lipinski definition) is 8. The van der Waals surface area contributed by atoms with Gasteiger partial charge in [0.2, 0.25) is 0 Å². The summed E-state index contributed by atoms with van der Waals surface area (Å²) in [6, 6.07) is 2.08. The number of hydrogen-bond donors (Lipinski definition) is 0. The van der Waals surface area contributed by atoms with E-state index in [1.54, 1.807) is 6.07 Å². The SMILES string of the molecule is COC(=O)COc1c(Cl)cc(/C=C2/SC(=O)N(C(C)C(=O)OC)C2=O)cc1Br. The first-order valence-electron chi connectivity index (χ1n) is 7.73. The third-order valence-electron chi connectivity index (χ3n) is 3.63. The second-order valence-corrected chi connectivity index (χ2v) is 7.68. The molecule has 1 fully saturated rings. The van der Waals surface area contributed by atoms with Crippen LogP contribution in [0.3, 0.4) is 0 Å². The molecular formula is C17H15BrClNO7S. The van der Waals surface area contributed by atoms with Gasteiger partial charge in [-0.2, -0.15) is 0 Å². The molecule has 1 aliphatic rings. The van der Waals surface area contributed by atoms with Gasteiger partial charge in [-0.15, -0.1) is 0 Å². The Morgan fingerprint density at radius 3 is 2.54 bits per heavy atom. The molecule has 1 aromatic carbocycles. The third kappa shape index (κ3) is 4.86. The second-order valence-electron chi connectivity index (χ2n) is 5.43. The molecule has 0 N–H and O–H groups in total. The summed E-state index contributed by atoms with van der Waals surface area (Å²) in [4.78, 5) is 48.5. The Morgan fingerprint density at radius 2 is 1.96 bits per heavy atom. The van der Waals surface area contributed by atoms with Crippen LogP contribution in [-0.4, -0.2) is 54.9 Å². The number of esters is 2. The number of nitrogens with zero attached hydrogens (tertiary/aromatic N) is 1. The van der Waals surface area contributed by atoms with Crippen molar-refractivity contribution in [3.05, 3.63) is 32.1 Å². The Bertz CT molecular complexity index is 850. The van der Waals surface area contributed by atoms with E-state index in [4.69, 9.17) is 16.3 Å². The Morgan fingerprint density at radius 1 is 1.29 bits per heavy atom. The summed E-state index contributed by atoms with van der Waals surface area (Å²) >= 11 is 10.2. The maximum absolute atomic E-state index is 12.5. The maximum atomic E-state index is 12.5. The summed E-state index contributed by atoms with van der Waals surface area (Å²) in [7, 11) is 2.41. The number of methoxy groups -OCH3 is 2. The average Bonchev–Trinajstić information content (AvgIpc) is 2.92. The molecule has 0 spiro atoms. The fourth-order valence-corrected chi connectivity index (χ4v) is 4.13. The fourth-order valence-electron chi connectivity index (χ4n) is 2.23. The summed E-state index contributed by atoms with van der Waals surface area (Å²) in [5.41, 5.74) is 0.513. The highest BCUT2D eigenvalue weighted by atomic mass is 79.9. The molecule has 1 aromatic rings. The molecule has 11 heteroatoms. The number of ether oxygens (including phenoxy) is 3. The van der Waals surface area contributed by atoms with Gasteiger partial charge < -0.3 is 14.2 Å². The van der Waals surface area contributed by atoms with Crippen molar-refractivity contribution < 1.29 is 33.4 Å². The molecule has 0 radical (unpaired) electrons. The summed E-state index contributed by atoms with van der Waals surface area (Å²) in [6.07, 6.45) is 1.47. The molecule has 1 atom stereocenters. The zero-order valence-electron chi connectivity index (χ0n) is 15.0. The van der Waals surface area contributed by atoms with Crippen LogP contribution < -0.4 is 4.74 Å². The fraction of sp³-hybridized carbons (Fsp3) is 0.294. The molecule has 1 saturated heterocycles. The maximum Gasteiger partial charge on any atom is 0.343 e. The first-order chi connectivity index (χ1) is 13.2. The lowest BCUT2D eigenvalue weighted by Crippen LogP contribution is -2.42. The Labute approximate surface area is 178 Å². The van der Waals surface area contributed by atoms with Gasteiger partial charge in [-0.25, -0.2) is 9.59 Å². The molecular weight excluding hydrogens is 478 g/mol. The monoisotopic (exact) mass is 491 g/mol. The van der Waals surface area contributed by atoms with Gasteiger partial charge in [0.1, 0.15) is 6.04 Å². The molecule has 1 aliphatic heterocycles. The van der Waals surface area contributed by atoms with Crippen molar-refractivity contribution in [2.75, 3.05) is 20.8 Å². The zero-order valence-corrected chi connectivity index (χ0v) is 18.1. The number of carbonyl (C=O) groups excluding carboxylic acids is 4. The number of carbonyl (C=O) groups is 4.